The van der Waals surface area contributed by atoms with Crippen molar-refractivity contribution in [2.75, 3.05) is 24.4 Å². The van der Waals surface area contributed by atoms with Crippen molar-refractivity contribution < 1.29 is 19.1 Å². The average molecular weight is 395 g/mol. The third-order valence-electron chi connectivity index (χ3n) is 4.04. The standard InChI is InChI=1S/C18H16Cl2N2O4/c1-25-11-4-5-13(16(8-11)26-2)21-14-9-17(23)22(18(14)24)15-6-3-10(19)7-12(15)20/h3-8,14,21H,9H2,1-2H3/t14-/m0/s1. The summed E-state index contributed by atoms with van der Waals surface area (Å²) < 4.78 is 10.5. The first kappa shape index (κ1) is 18.4. The van der Waals surface area contributed by atoms with Gasteiger partial charge < -0.3 is 14.8 Å². The van der Waals surface area contributed by atoms with Gasteiger partial charge in [0.1, 0.15) is 17.5 Å². The lowest BCUT2D eigenvalue weighted by Crippen LogP contribution is -2.35. The summed E-state index contributed by atoms with van der Waals surface area (Å²) in [4.78, 5) is 26.2. The number of imide groups is 1. The molecule has 1 fully saturated rings. The zero-order valence-electron chi connectivity index (χ0n) is 14.1. The van der Waals surface area contributed by atoms with Crippen LogP contribution in [0.2, 0.25) is 10.0 Å². The van der Waals surface area contributed by atoms with Crippen molar-refractivity contribution in [3.63, 3.8) is 0 Å². The van der Waals surface area contributed by atoms with Crippen LogP contribution in [0.1, 0.15) is 6.42 Å². The number of methoxy groups -OCH3 is 2. The van der Waals surface area contributed by atoms with E-state index in [0.29, 0.717) is 27.9 Å². The van der Waals surface area contributed by atoms with Crippen LogP contribution >= 0.6 is 23.2 Å². The molecule has 0 spiro atoms. The molecular formula is C18H16Cl2N2O4. The molecule has 1 atom stereocenters. The summed E-state index contributed by atoms with van der Waals surface area (Å²) >= 11 is 12.0. The van der Waals surface area contributed by atoms with Crippen LogP contribution in [0.4, 0.5) is 11.4 Å². The summed E-state index contributed by atoms with van der Waals surface area (Å²) in [5.74, 6) is 0.393. The Labute approximate surface area is 160 Å². The molecule has 1 aliphatic heterocycles. The highest BCUT2D eigenvalue weighted by molar-refractivity contribution is 6.38. The number of rotatable bonds is 5. The second kappa shape index (κ2) is 7.43. The Morgan fingerprint density at radius 3 is 2.50 bits per heavy atom. The van der Waals surface area contributed by atoms with E-state index in [1.807, 2.05) is 0 Å². The van der Waals surface area contributed by atoms with Crippen LogP contribution in [0.25, 0.3) is 0 Å². The van der Waals surface area contributed by atoms with Crippen LogP contribution in [0.3, 0.4) is 0 Å². The number of anilines is 2. The van der Waals surface area contributed by atoms with Crippen molar-refractivity contribution in [2.45, 2.75) is 12.5 Å². The fourth-order valence-electron chi connectivity index (χ4n) is 2.77. The molecule has 0 aliphatic carbocycles. The maximum atomic E-state index is 12.8. The van der Waals surface area contributed by atoms with Crippen LogP contribution in [0, 0.1) is 0 Å². The molecule has 1 saturated heterocycles. The molecule has 0 unspecified atom stereocenters. The first-order chi connectivity index (χ1) is 12.4. The zero-order valence-corrected chi connectivity index (χ0v) is 15.6. The lowest BCUT2D eigenvalue weighted by atomic mass is 10.2. The number of nitrogens with one attached hydrogen (secondary N) is 1. The minimum atomic E-state index is -0.725. The molecule has 6 nitrogen and oxygen atoms in total. The molecule has 0 aromatic heterocycles. The summed E-state index contributed by atoms with van der Waals surface area (Å²) in [6.07, 6.45) is 0.00692. The van der Waals surface area contributed by atoms with Gasteiger partial charge in [-0.05, 0) is 30.3 Å². The van der Waals surface area contributed by atoms with E-state index < -0.39 is 11.9 Å². The van der Waals surface area contributed by atoms with Crippen molar-refractivity contribution in [3.8, 4) is 11.5 Å². The topological polar surface area (TPSA) is 67.9 Å². The smallest absolute Gasteiger partial charge is 0.256 e. The van der Waals surface area contributed by atoms with Gasteiger partial charge in [-0.25, -0.2) is 4.90 Å². The molecule has 2 aromatic carbocycles. The lowest BCUT2D eigenvalue weighted by Gasteiger charge is -2.18. The monoisotopic (exact) mass is 394 g/mol. The summed E-state index contributed by atoms with van der Waals surface area (Å²) in [6, 6.07) is 9.06. The summed E-state index contributed by atoms with van der Waals surface area (Å²) in [6.45, 7) is 0. The van der Waals surface area contributed by atoms with Crippen LogP contribution in [-0.2, 0) is 9.59 Å². The van der Waals surface area contributed by atoms with Crippen molar-refractivity contribution in [1.29, 1.82) is 0 Å². The Morgan fingerprint density at radius 1 is 1.08 bits per heavy atom. The molecule has 3 rings (SSSR count). The molecule has 2 aromatic rings. The zero-order chi connectivity index (χ0) is 18.8. The number of carbonyl (C=O) groups is 2. The second-order valence-corrected chi connectivity index (χ2v) is 6.47. The number of nitrogens with zero attached hydrogens (tertiary/aromatic N) is 1. The van der Waals surface area contributed by atoms with E-state index in [4.69, 9.17) is 32.7 Å². The Bertz CT molecular complexity index is 872. The number of hydrogen-bond donors (Lipinski definition) is 1. The number of halogens is 2. The number of amides is 2. The average Bonchev–Trinajstić information content (AvgIpc) is 2.89. The number of benzene rings is 2. The van der Waals surface area contributed by atoms with Gasteiger partial charge in [-0.15, -0.1) is 0 Å². The molecule has 1 heterocycles. The van der Waals surface area contributed by atoms with Gasteiger partial charge in [0.25, 0.3) is 5.91 Å². The van der Waals surface area contributed by atoms with Gasteiger partial charge in [0, 0.05) is 11.1 Å². The predicted molar refractivity (Wildman–Crippen MR) is 101 cm³/mol. The number of hydrogen-bond acceptors (Lipinski definition) is 5. The van der Waals surface area contributed by atoms with Crippen molar-refractivity contribution in [1.82, 2.24) is 0 Å². The first-order valence-electron chi connectivity index (χ1n) is 7.75. The van der Waals surface area contributed by atoms with Gasteiger partial charge in [0.15, 0.2) is 0 Å². The van der Waals surface area contributed by atoms with Gasteiger partial charge in [-0.2, -0.15) is 0 Å². The van der Waals surface area contributed by atoms with Crippen molar-refractivity contribution in [3.05, 3.63) is 46.4 Å². The largest absolute Gasteiger partial charge is 0.497 e. The molecule has 136 valence electrons. The normalized spacial score (nSPS) is 16.8. The second-order valence-electron chi connectivity index (χ2n) is 5.63. The van der Waals surface area contributed by atoms with Crippen molar-refractivity contribution >= 4 is 46.4 Å². The fraction of sp³-hybridized carbons (Fsp3) is 0.222. The minimum Gasteiger partial charge on any atom is -0.497 e. The van der Waals surface area contributed by atoms with E-state index in [-0.39, 0.29) is 17.4 Å². The molecule has 1 aliphatic rings. The predicted octanol–water partition coefficient (Wildman–Crippen LogP) is 3.75. The summed E-state index contributed by atoms with van der Waals surface area (Å²) in [5, 5.41) is 3.72. The summed E-state index contributed by atoms with van der Waals surface area (Å²) in [5.41, 5.74) is 0.903. The Hall–Kier alpha value is -2.44. The van der Waals surface area contributed by atoms with E-state index in [2.05, 4.69) is 5.32 Å². The van der Waals surface area contributed by atoms with E-state index in [1.54, 1.807) is 37.4 Å². The van der Waals surface area contributed by atoms with Gasteiger partial charge >= 0.3 is 0 Å². The van der Waals surface area contributed by atoms with Crippen LogP contribution < -0.4 is 19.7 Å². The van der Waals surface area contributed by atoms with E-state index >= 15 is 0 Å². The molecule has 0 radical (unpaired) electrons. The van der Waals surface area contributed by atoms with Crippen LogP contribution in [-0.4, -0.2) is 32.1 Å². The maximum Gasteiger partial charge on any atom is 0.256 e. The van der Waals surface area contributed by atoms with E-state index in [1.165, 1.54) is 13.2 Å². The third kappa shape index (κ3) is 3.43. The highest BCUT2D eigenvalue weighted by atomic mass is 35.5. The SMILES string of the molecule is COc1ccc(N[C@H]2CC(=O)N(c3ccc(Cl)cc3Cl)C2=O)c(OC)c1. The third-order valence-corrected chi connectivity index (χ3v) is 4.57. The molecule has 0 bridgehead atoms. The molecular weight excluding hydrogens is 379 g/mol. The summed E-state index contributed by atoms with van der Waals surface area (Å²) in [7, 11) is 3.07. The molecule has 2 amide bonds. The highest BCUT2D eigenvalue weighted by Gasteiger charge is 2.40. The van der Waals surface area contributed by atoms with Crippen LogP contribution in [0.5, 0.6) is 11.5 Å². The number of ether oxygens (including phenoxy) is 2. The van der Waals surface area contributed by atoms with Gasteiger partial charge in [-0.1, -0.05) is 23.2 Å². The highest BCUT2D eigenvalue weighted by Crippen LogP contribution is 2.35. The fourth-order valence-corrected chi connectivity index (χ4v) is 3.26. The quantitative estimate of drug-likeness (QED) is 0.781. The van der Waals surface area contributed by atoms with Crippen molar-refractivity contribution in [2.24, 2.45) is 0 Å². The Kier molecular flexibility index (Phi) is 5.25. The molecule has 1 N–H and O–H groups in total. The van der Waals surface area contributed by atoms with Gasteiger partial charge in [0.05, 0.1) is 37.0 Å². The lowest BCUT2D eigenvalue weighted by molar-refractivity contribution is -0.121. The van der Waals surface area contributed by atoms with Gasteiger partial charge in [-0.3, -0.25) is 9.59 Å². The van der Waals surface area contributed by atoms with E-state index in [0.717, 1.165) is 4.90 Å². The number of carbonyl (C=O) groups excluding carboxylic acids is 2. The van der Waals surface area contributed by atoms with Crippen LogP contribution in [0.15, 0.2) is 36.4 Å². The molecule has 0 saturated carbocycles. The first-order valence-corrected chi connectivity index (χ1v) is 8.50. The molecule has 8 heteroatoms. The van der Waals surface area contributed by atoms with E-state index in [9.17, 15) is 9.59 Å². The molecule has 26 heavy (non-hydrogen) atoms. The minimum absolute atomic E-state index is 0.00692. The van der Waals surface area contributed by atoms with Gasteiger partial charge in [0.2, 0.25) is 5.91 Å². The Balaban J connectivity index is 1.85. The Morgan fingerprint density at radius 2 is 1.85 bits per heavy atom. The maximum absolute atomic E-state index is 12.8.